The van der Waals surface area contributed by atoms with E-state index in [1.54, 1.807) is 17.0 Å². The van der Waals surface area contributed by atoms with Gasteiger partial charge >= 0.3 is 0 Å². The fourth-order valence-electron chi connectivity index (χ4n) is 5.14. The molecule has 3 aromatic rings. The largest absolute Gasteiger partial charge is 0.352 e. The van der Waals surface area contributed by atoms with E-state index in [0.29, 0.717) is 12.1 Å². The highest BCUT2D eigenvalue weighted by atomic mass is 32.2. The third kappa shape index (κ3) is 7.94. The zero-order valence-electron chi connectivity index (χ0n) is 23.5. The standard InChI is InChI=1S/C32H39N3O4S/c1-24-13-17-27(18-14-24)22-34(31(36)23-35(40(3,38)39)29-19-15-25(2)16-20-29)30(21-26-9-5-4-6-10-26)32(37)33-28-11-7-8-12-28/h4-6,9-10,13-20,28,30H,7-8,11-12,21-23H2,1-3H3,(H,33,37). The smallest absolute Gasteiger partial charge is 0.244 e. The number of anilines is 1. The second-order valence-electron chi connectivity index (χ2n) is 10.8. The van der Waals surface area contributed by atoms with Crippen LogP contribution in [0.4, 0.5) is 5.69 Å². The molecule has 8 heteroatoms. The van der Waals surface area contributed by atoms with Crippen LogP contribution >= 0.6 is 0 Å². The molecule has 0 saturated heterocycles. The van der Waals surface area contributed by atoms with Gasteiger partial charge in [0.25, 0.3) is 0 Å². The van der Waals surface area contributed by atoms with Gasteiger partial charge in [0.15, 0.2) is 0 Å². The summed E-state index contributed by atoms with van der Waals surface area (Å²) in [6.07, 6.45) is 5.40. The Morgan fingerprint density at radius 2 is 1.43 bits per heavy atom. The predicted octanol–water partition coefficient (Wildman–Crippen LogP) is 4.77. The van der Waals surface area contributed by atoms with E-state index in [1.807, 2.05) is 80.6 Å². The van der Waals surface area contributed by atoms with Crippen molar-refractivity contribution in [1.82, 2.24) is 10.2 Å². The lowest BCUT2D eigenvalue weighted by atomic mass is 10.0. The SMILES string of the molecule is Cc1ccc(CN(C(=O)CN(c2ccc(C)cc2)S(C)(=O)=O)C(Cc2ccccc2)C(=O)NC2CCCC2)cc1. The zero-order chi connectivity index (χ0) is 28.7. The van der Waals surface area contributed by atoms with E-state index < -0.39 is 28.5 Å². The van der Waals surface area contributed by atoms with Crippen molar-refractivity contribution in [3.05, 3.63) is 101 Å². The van der Waals surface area contributed by atoms with Gasteiger partial charge < -0.3 is 10.2 Å². The average molecular weight is 562 g/mol. The number of rotatable bonds is 11. The molecule has 3 aromatic carbocycles. The van der Waals surface area contributed by atoms with Crippen LogP contribution in [0.5, 0.6) is 0 Å². The number of carbonyl (C=O) groups is 2. The number of sulfonamides is 1. The molecule has 1 N–H and O–H groups in total. The van der Waals surface area contributed by atoms with Crippen molar-refractivity contribution in [1.29, 1.82) is 0 Å². The van der Waals surface area contributed by atoms with Crippen LogP contribution in [-0.2, 0) is 32.6 Å². The van der Waals surface area contributed by atoms with Gasteiger partial charge in [0.2, 0.25) is 21.8 Å². The number of nitrogens with zero attached hydrogens (tertiary/aromatic N) is 2. The third-order valence-electron chi connectivity index (χ3n) is 7.45. The molecular formula is C32H39N3O4S. The molecule has 40 heavy (non-hydrogen) atoms. The molecule has 2 amide bonds. The average Bonchev–Trinajstić information content (AvgIpc) is 3.44. The van der Waals surface area contributed by atoms with Gasteiger partial charge in [-0.25, -0.2) is 8.42 Å². The van der Waals surface area contributed by atoms with Crippen molar-refractivity contribution in [3.8, 4) is 0 Å². The first-order valence-corrected chi connectivity index (χ1v) is 15.7. The van der Waals surface area contributed by atoms with Gasteiger partial charge in [-0.15, -0.1) is 0 Å². The Morgan fingerprint density at radius 3 is 2.00 bits per heavy atom. The van der Waals surface area contributed by atoms with Gasteiger partial charge in [0, 0.05) is 19.0 Å². The Hall–Kier alpha value is -3.65. The second-order valence-corrected chi connectivity index (χ2v) is 12.7. The topological polar surface area (TPSA) is 86.8 Å². The minimum atomic E-state index is -3.78. The number of benzene rings is 3. The Bertz CT molecular complexity index is 1380. The highest BCUT2D eigenvalue weighted by Gasteiger charge is 2.34. The minimum absolute atomic E-state index is 0.0853. The summed E-state index contributed by atoms with van der Waals surface area (Å²) in [5, 5.41) is 3.19. The van der Waals surface area contributed by atoms with Crippen LogP contribution in [0.1, 0.15) is 47.9 Å². The van der Waals surface area contributed by atoms with Crippen molar-refractivity contribution < 1.29 is 18.0 Å². The van der Waals surface area contributed by atoms with Crippen LogP contribution < -0.4 is 9.62 Å². The number of carbonyl (C=O) groups excluding carboxylic acids is 2. The van der Waals surface area contributed by atoms with Gasteiger partial charge in [-0.05, 0) is 49.9 Å². The minimum Gasteiger partial charge on any atom is -0.352 e. The van der Waals surface area contributed by atoms with E-state index in [0.717, 1.165) is 58.5 Å². The van der Waals surface area contributed by atoms with Gasteiger partial charge in [-0.2, -0.15) is 0 Å². The summed E-state index contributed by atoms with van der Waals surface area (Å²) < 4.78 is 26.9. The molecule has 0 aliphatic heterocycles. The molecule has 1 saturated carbocycles. The van der Waals surface area contributed by atoms with Crippen LogP contribution in [0.15, 0.2) is 78.9 Å². The predicted molar refractivity (Wildman–Crippen MR) is 159 cm³/mol. The Morgan fingerprint density at radius 1 is 0.850 bits per heavy atom. The fraction of sp³-hybridized carbons (Fsp3) is 0.375. The normalized spacial score (nSPS) is 14.5. The zero-order valence-corrected chi connectivity index (χ0v) is 24.4. The van der Waals surface area contributed by atoms with E-state index in [2.05, 4.69) is 5.32 Å². The third-order valence-corrected chi connectivity index (χ3v) is 8.59. The van der Waals surface area contributed by atoms with E-state index in [9.17, 15) is 18.0 Å². The quantitative estimate of drug-likeness (QED) is 0.366. The lowest BCUT2D eigenvalue weighted by Gasteiger charge is -2.34. The van der Waals surface area contributed by atoms with Gasteiger partial charge in [0.1, 0.15) is 12.6 Å². The maximum Gasteiger partial charge on any atom is 0.244 e. The van der Waals surface area contributed by atoms with Crippen LogP contribution in [0.3, 0.4) is 0 Å². The van der Waals surface area contributed by atoms with Crippen LogP contribution in [0.25, 0.3) is 0 Å². The molecule has 0 aromatic heterocycles. The van der Waals surface area contributed by atoms with Crippen molar-refractivity contribution in [2.45, 2.75) is 64.6 Å². The summed E-state index contributed by atoms with van der Waals surface area (Å²) in [6, 6.07) is 23.8. The number of hydrogen-bond donors (Lipinski definition) is 1. The van der Waals surface area contributed by atoms with Crippen molar-refractivity contribution in [3.63, 3.8) is 0 Å². The van der Waals surface area contributed by atoms with E-state index in [-0.39, 0.29) is 18.5 Å². The molecule has 4 rings (SSSR count). The van der Waals surface area contributed by atoms with Crippen LogP contribution in [0, 0.1) is 13.8 Å². The molecule has 1 unspecified atom stereocenters. The van der Waals surface area contributed by atoms with Gasteiger partial charge in [-0.3, -0.25) is 13.9 Å². The molecule has 1 atom stereocenters. The first-order valence-electron chi connectivity index (χ1n) is 13.8. The van der Waals surface area contributed by atoms with Crippen molar-refractivity contribution >= 4 is 27.5 Å². The highest BCUT2D eigenvalue weighted by molar-refractivity contribution is 7.92. The maximum atomic E-state index is 14.1. The molecule has 1 aliphatic carbocycles. The number of amides is 2. The summed E-state index contributed by atoms with van der Waals surface area (Å²) in [4.78, 5) is 29.5. The fourth-order valence-corrected chi connectivity index (χ4v) is 5.99. The molecule has 7 nitrogen and oxygen atoms in total. The molecular weight excluding hydrogens is 522 g/mol. The second kappa shape index (κ2) is 13.1. The maximum absolute atomic E-state index is 14.1. The number of aryl methyl sites for hydroxylation is 2. The van der Waals surface area contributed by atoms with Gasteiger partial charge in [0.05, 0.1) is 11.9 Å². The molecule has 0 bridgehead atoms. The highest BCUT2D eigenvalue weighted by Crippen LogP contribution is 2.22. The number of hydrogen-bond acceptors (Lipinski definition) is 4. The molecule has 0 heterocycles. The van der Waals surface area contributed by atoms with Gasteiger partial charge in [-0.1, -0.05) is 90.7 Å². The van der Waals surface area contributed by atoms with E-state index in [1.165, 1.54) is 0 Å². The lowest BCUT2D eigenvalue weighted by Crippen LogP contribution is -2.54. The summed E-state index contributed by atoms with van der Waals surface area (Å²) in [5.74, 6) is -0.647. The van der Waals surface area contributed by atoms with Crippen molar-refractivity contribution in [2.24, 2.45) is 0 Å². The van der Waals surface area contributed by atoms with Crippen molar-refractivity contribution in [2.75, 3.05) is 17.1 Å². The van der Waals surface area contributed by atoms with Crippen LogP contribution in [-0.4, -0.2) is 50.0 Å². The molecule has 1 fully saturated rings. The first kappa shape index (κ1) is 29.3. The monoisotopic (exact) mass is 561 g/mol. The Balaban J connectivity index is 1.71. The summed E-state index contributed by atoms with van der Waals surface area (Å²) >= 11 is 0. The number of nitrogens with one attached hydrogen (secondary N) is 1. The Kier molecular flexibility index (Phi) is 9.63. The lowest BCUT2D eigenvalue weighted by molar-refractivity contribution is -0.140. The molecule has 1 aliphatic rings. The Labute approximate surface area is 238 Å². The summed E-state index contributed by atoms with van der Waals surface area (Å²) in [6.45, 7) is 3.68. The van der Waals surface area contributed by atoms with E-state index in [4.69, 9.17) is 0 Å². The molecule has 212 valence electrons. The van der Waals surface area contributed by atoms with E-state index >= 15 is 0 Å². The van der Waals surface area contributed by atoms with Crippen LogP contribution in [0.2, 0.25) is 0 Å². The molecule has 0 radical (unpaired) electrons. The first-order chi connectivity index (χ1) is 19.1. The summed E-state index contributed by atoms with van der Waals surface area (Å²) in [5.41, 5.74) is 4.27. The summed E-state index contributed by atoms with van der Waals surface area (Å²) in [7, 11) is -3.78. The molecule has 0 spiro atoms.